The largest absolute Gasteiger partial charge is 0.491 e. The van der Waals surface area contributed by atoms with Gasteiger partial charge in [-0.3, -0.25) is 14.8 Å². The smallest absolute Gasteiger partial charge is 0.267 e. The second-order valence-electron chi connectivity index (χ2n) is 8.73. The minimum Gasteiger partial charge on any atom is -0.491 e. The van der Waals surface area contributed by atoms with Crippen molar-refractivity contribution < 1.29 is 19.5 Å². The average Bonchev–Trinajstić information content (AvgIpc) is 3.29. The molecule has 35 heavy (non-hydrogen) atoms. The van der Waals surface area contributed by atoms with E-state index in [1.54, 1.807) is 11.6 Å². The van der Waals surface area contributed by atoms with E-state index in [0.29, 0.717) is 18.8 Å². The minimum absolute atomic E-state index is 0.0117. The summed E-state index contributed by atoms with van der Waals surface area (Å²) < 4.78 is 6.06. The normalized spacial score (nSPS) is 12.2. The van der Waals surface area contributed by atoms with Crippen molar-refractivity contribution in [1.29, 1.82) is 0 Å². The molecule has 0 spiro atoms. The maximum atomic E-state index is 13.1. The molecule has 0 aliphatic rings. The Balaban J connectivity index is 1.71. The first-order chi connectivity index (χ1) is 17.0. The molecule has 0 fully saturated rings. The molecule has 0 saturated heterocycles. The molecule has 1 aromatic heterocycles. The van der Waals surface area contributed by atoms with Crippen LogP contribution in [0.2, 0.25) is 0 Å². The lowest BCUT2D eigenvalue weighted by molar-refractivity contribution is -0.126. The van der Waals surface area contributed by atoms with E-state index in [-0.39, 0.29) is 17.9 Å². The fourth-order valence-electron chi connectivity index (χ4n) is 4.22. The summed E-state index contributed by atoms with van der Waals surface area (Å²) in [6.45, 7) is 4.55. The number of hydrogen-bond acceptors (Lipinski definition) is 4. The Kier molecular flexibility index (Phi) is 9.93. The number of hydroxylamine groups is 1. The Labute approximate surface area is 206 Å². The highest BCUT2D eigenvalue weighted by atomic mass is 16.5. The molecular formula is C28H35N3O4. The van der Waals surface area contributed by atoms with E-state index in [4.69, 9.17) is 9.94 Å². The fraction of sp³-hybridized carbons (Fsp3) is 0.357. The molecule has 0 saturated carbocycles. The molecule has 7 heteroatoms. The van der Waals surface area contributed by atoms with Crippen LogP contribution in [-0.2, 0) is 16.0 Å². The van der Waals surface area contributed by atoms with Crippen LogP contribution in [0.15, 0.2) is 60.8 Å². The quantitative estimate of drug-likeness (QED) is 0.158. The highest BCUT2D eigenvalue weighted by Crippen LogP contribution is 2.21. The van der Waals surface area contributed by atoms with Gasteiger partial charge >= 0.3 is 0 Å². The molecule has 0 bridgehead atoms. The molecule has 0 unspecified atom stereocenters. The molecule has 7 nitrogen and oxygen atoms in total. The van der Waals surface area contributed by atoms with Gasteiger partial charge in [0, 0.05) is 29.1 Å². The summed E-state index contributed by atoms with van der Waals surface area (Å²) in [6.07, 6.45) is 9.20. The zero-order valence-corrected chi connectivity index (χ0v) is 20.4. The van der Waals surface area contributed by atoms with Gasteiger partial charge in [0.15, 0.2) is 0 Å². The summed E-state index contributed by atoms with van der Waals surface area (Å²) >= 11 is 0. The van der Waals surface area contributed by atoms with Crippen molar-refractivity contribution in [1.82, 2.24) is 15.8 Å². The van der Waals surface area contributed by atoms with Crippen molar-refractivity contribution in [3.63, 3.8) is 0 Å². The molecule has 3 aromatic rings. The molecule has 2 aromatic carbocycles. The highest BCUT2D eigenvalue weighted by Gasteiger charge is 2.22. The van der Waals surface area contributed by atoms with Crippen molar-refractivity contribution in [2.24, 2.45) is 5.92 Å². The molecule has 0 radical (unpaired) electrons. The molecular weight excluding hydrogens is 442 g/mol. The van der Waals surface area contributed by atoms with Gasteiger partial charge in [-0.2, -0.15) is 0 Å². The predicted molar refractivity (Wildman–Crippen MR) is 138 cm³/mol. The number of para-hydroxylation sites is 1. The van der Waals surface area contributed by atoms with E-state index in [9.17, 15) is 9.59 Å². The van der Waals surface area contributed by atoms with E-state index in [1.807, 2.05) is 48.7 Å². The number of aromatic nitrogens is 1. The second kappa shape index (κ2) is 13.3. The van der Waals surface area contributed by atoms with Gasteiger partial charge in [-0.25, -0.2) is 5.48 Å². The summed E-state index contributed by atoms with van der Waals surface area (Å²) in [5.41, 5.74) is 4.57. The van der Waals surface area contributed by atoms with Crippen LogP contribution < -0.4 is 15.5 Å². The van der Waals surface area contributed by atoms with Crippen LogP contribution in [0.5, 0.6) is 5.75 Å². The van der Waals surface area contributed by atoms with Gasteiger partial charge in [-0.15, -0.1) is 0 Å². The van der Waals surface area contributed by atoms with Crippen LogP contribution in [0.1, 0.15) is 50.7 Å². The molecule has 4 N–H and O–H groups in total. The molecule has 1 atom stereocenters. The number of carbonyl (C=O) groups excluding carboxylic acids is 2. The molecule has 0 aliphatic carbocycles. The van der Waals surface area contributed by atoms with Crippen LogP contribution in [0.4, 0.5) is 0 Å². The van der Waals surface area contributed by atoms with E-state index in [0.717, 1.165) is 47.7 Å². The number of ether oxygens (including phenoxy) is 1. The zero-order valence-electron chi connectivity index (χ0n) is 20.4. The number of hydrogen-bond donors (Lipinski definition) is 4. The van der Waals surface area contributed by atoms with Crippen molar-refractivity contribution in [3.05, 3.63) is 71.9 Å². The Bertz CT molecular complexity index is 1110. The number of carbonyl (C=O) groups is 2. The van der Waals surface area contributed by atoms with E-state index in [1.165, 1.54) is 6.08 Å². The maximum Gasteiger partial charge on any atom is 0.267 e. The number of aromatic amines is 1. The summed E-state index contributed by atoms with van der Waals surface area (Å²) in [4.78, 5) is 27.6. The first kappa shape index (κ1) is 26.0. The number of rotatable bonds is 13. The molecule has 0 aliphatic heterocycles. The van der Waals surface area contributed by atoms with Crippen LogP contribution in [-0.4, -0.2) is 34.7 Å². The van der Waals surface area contributed by atoms with Gasteiger partial charge in [0.1, 0.15) is 12.4 Å². The van der Waals surface area contributed by atoms with Crippen LogP contribution in [0, 0.1) is 5.92 Å². The molecule has 186 valence electrons. The van der Waals surface area contributed by atoms with Gasteiger partial charge in [0.05, 0.1) is 6.04 Å². The maximum absolute atomic E-state index is 13.1. The van der Waals surface area contributed by atoms with Gasteiger partial charge in [0.2, 0.25) is 5.91 Å². The summed E-state index contributed by atoms with van der Waals surface area (Å²) in [5, 5.41) is 13.0. The standard InChI is InChI=1S/C28H35N3O4/c1-3-7-21(8-4-2)28(33)30-23(17-22-18-29-26-10-6-5-9-25(22)26)19-35-24-14-11-20(12-15-24)13-16-27(32)31-34/h5-6,9-16,18,21,23,29,34H,3-4,7-8,17,19H2,1-2H3,(H,30,33)(H,31,32)/b16-13+/t23-/m0/s1. The lowest BCUT2D eigenvalue weighted by Crippen LogP contribution is -2.43. The number of benzene rings is 2. The lowest BCUT2D eigenvalue weighted by Gasteiger charge is -2.23. The van der Waals surface area contributed by atoms with Gasteiger partial charge in [-0.05, 0) is 54.7 Å². The first-order valence-corrected chi connectivity index (χ1v) is 12.2. The summed E-state index contributed by atoms with van der Waals surface area (Å²) in [7, 11) is 0. The third-order valence-corrected chi connectivity index (χ3v) is 6.00. The fourth-order valence-corrected chi connectivity index (χ4v) is 4.22. The third kappa shape index (κ3) is 7.72. The Morgan fingerprint density at radius 1 is 1.06 bits per heavy atom. The summed E-state index contributed by atoms with van der Waals surface area (Å²) in [5.74, 6) is 0.179. The first-order valence-electron chi connectivity index (χ1n) is 12.2. The number of amides is 2. The monoisotopic (exact) mass is 477 g/mol. The van der Waals surface area contributed by atoms with Crippen molar-refractivity contribution >= 4 is 28.8 Å². The number of H-pyrrole nitrogens is 1. The van der Waals surface area contributed by atoms with Crippen LogP contribution in [0.25, 0.3) is 17.0 Å². The average molecular weight is 478 g/mol. The van der Waals surface area contributed by atoms with Gasteiger partial charge in [-0.1, -0.05) is 57.0 Å². The van der Waals surface area contributed by atoms with E-state index in [2.05, 4.69) is 30.2 Å². The summed E-state index contributed by atoms with van der Waals surface area (Å²) in [6, 6.07) is 15.2. The number of fused-ring (bicyclic) bond motifs is 1. The predicted octanol–water partition coefficient (Wildman–Crippen LogP) is 5.01. The van der Waals surface area contributed by atoms with Crippen LogP contribution in [0.3, 0.4) is 0 Å². The second-order valence-corrected chi connectivity index (χ2v) is 8.73. The van der Waals surface area contributed by atoms with Gasteiger partial charge in [0.25, 0.3) is 5.91 Å². The highest BCUT2D eigenvalue weighted by molar-refractivity contribution is 5.90. The minimum atomic E-state index is -0.592. The van der Waals surface area contributed by atoms with Crippen LogP contribution >= 0.6 is 0 Å². The van der Waals surface area contributed by atoms with E-state index < -0.39 is 5.91 Å². The van der Waals surface area contributed by atoms with Gasteiger partial charge < -0.3 is 15.0 Å². The third-order valence-electron chi connectivity index (χ3n) is 6.00. The SMILES string of the molecule is CCCC(CCC)C(=O)N[C@H](COc1ccc(/C=C/C(=O)NO)cc1)Cc1c[nH]c2ccccc12. The van der Waals surface area contributed by atoms with E-state index >= 15 is 0 Å². The molecule has 1 heterocycles. The number of nitrogens with one attached hydrogen (secondary N) is 3. The molecule has 3 rings (SSSR count). The van der Waals surface area contributed by atoms with Crippen molar-refractivity contribution in [2.45, 2.75) is 52.0 Å². The zero-order chi connectivity index (χ0) is 25.0. The molecule has 2 amide bonds. The van der Waals surface area contributed by atoms with Crippen molar-refractivity contribution in [3.8, 4) is 5.75 Å². The van der Waals surface area contributed by atoms with Crippen molar-refractivity contribution in [2.75, 3.05) is 6.61 Å². The lowest BCUT2D eigenvalue weighted by atomic mass is 9.96. The Hall–Kier alpha value is -3.58. The Morgan fingerprint density at radius 2 is 1.77 bits per heavy atom. The Morgan fingerprint density at radius 3 is 2.46 bits per heavy atom. The topological polar surface area (TPSA) is 103 Å².